The molecular weight excluding hydrogens is 230 g/mol. The summed E-state index contributed by atoms with van der Waals surface area (Å²) < 4.78 is 0. The summed E-state index contributed by atoms with van der Waals surface area (Å²) >= 11 is 0. The third-order valence-corrected chi connectivity index (χ3v) is 3.40. The number of aromatic nitrogens is 2. The quantitative estimate of drug-likeness (QED) is 0.749. The zero-order chi connectivity index (χ0) is 13.3. The molecule has 1 saturated heterocycles. The molecule has 0 aliphatic carbocycles. The maximum Gasteiger partial charge on any atom is 0.276 e. The number of aromatic amines is 1. The maximum atomic E-state index is 11.4. The second-order valence-corrected chi connectivity index (χ2v) is 5.61. The minimum Gasteiger partial charge on any atom is -0.391 e. The number of nitrogens with zero attached hydrogens (tertiary/aromatic N) is 3. The van der Waals surface area contributed by atoms with Gasteiger partial charge >= 0.3 is 0 Å². The Hall–Kier alpha value is -1.56. The van der Waals surface area contributed by atoms with Crippen LogP contribution in [0, 0.1) is 0 Å². The summed E-state index contributed by atoms with van der Waals surface area (Å²) in [7, 11) is 0. The van der Waals surface area contributed by atoms with Crippen LogP contribution in [0.4, 0.5) is 11.5 Å². The number of hydrogen-bond acceptors (Lipinski definition) is 5. The highest BCUT2D eigenvalue weighted by Crippen LogP contribution is 2.21. The molecule has 1 fully saturated rings. The fourth-order valence-corrected chi connectivity index (χ4v) is 2.24. The van der Waals surface area contributed by atoms with E-state index in [0.717, 1.165) is 26.2 Å². The minimum atomic E-state index is -0.266. The fourth-order valence-electron chi connectivity index (χ4n) is 2.24. The van der Waals surface area contributed by atoms with Gasteiger partial charge in [0.05, 0.1) is 6.33 Å². The smallest absolute Gasteiger partial charge is 0.276 e. The Morgan fingerprint density at radius 3 is 2.44 bits per heavy atom. The Bertz CT molecular complexity index is 468. The molecule has 0 atom stereocenters. The van der Waals surface area contributed by atoms with Gasteiger partial charge in [-0.2, -0.15) is 0 Å². The van der Waals surface area contributed by atoms with E-state index in [4.69, 9.17) is 5.73 Å². The van der Waals surface area contributed by atoms with Crippen LogP contribution in [0.25, 0.3) is 0 Å². The highest BCUT2D eigenvalue weighted by Gasteiger charge is 2.27. The summed E-state index contributed by atoms with van der Waals surface area (Å²) in [6, 6.07) is 0. The van der Waals surface area contributed by atoms with Gasteiger partial charge in [-0.1, -0.05) is 0 Å². The molecule has 2 heterocycles. The van der Waals surface area contributed by atoms with E-state index in [9.17, 15) is 4.79 Å². The summed E-state index contributed by atoms with van der Waals surface area (Å²) in [5.74, 6) is 0.604. The molecule has 3 N–H and O–H groups in total. The predicted molar refractivity (Wildman–Crippen MR) is 72.8 cm³/mol. The summed E-state index contributed by atoms with van der Waals surface area (Å²) in [5, 5.41) is 0. The first-order valence-corrected chi connectivity index (χ1v) is 6.23. The minimum absolute atomic E-state index is 0.180. The van der Waals surface area contributed by atoms with E-state index in [2.05, 4.69) is 40.5 Å². The summed E-state index contributed by atoms with van der Waals surface area (Å²) in [6.07, 6.45) is 1.41. The van der Waals surface area contributed by atoms with Gasteiger partial charge in [-0.3, -0.25) is 9.69 Å². The summed E-state index contributed by atoms with van der Waals surface area (Å²) in [4.78, 5) is 22.6. The number of nitrogen functional groups attached to an aromatic ring is 1. The molecule has 1 aromatic heterocycles. The number of piperazine rings is 1. The SMILES string of the molecule is CC(C)(C)N1CCN(c2nc[nH]c(=O)c2N)CC1. The molecule has 0 amide bonds. The van der Waals surface area contributed by atoms with Crippen LogP contribution in [-0.2, 0) is 0 Å². The van der Waals surface area contributed by atoms with Crippen LogP contribution in [0.2, 0.25) is 0 Å². The molecule has 100 valence electrons. The fraction of sp³-hybridized carbons (Fsp3) is 0.667. The molecule has 0 bridgehead atoms. The Morgan fingerprint density at radius 1 is 1.28 bits per heavy atom. The van der Waals surface area contributed by atoms with Gasteiger partial charge in [0.15, 0.2) is 5.82 Å². The first-order valence-electron chi connectivity index (χ1n) is 6.23. The van der Waals surface area contributed by atoms with Gasteiger partial charge in [0.25, 0.3) is 5.56 Å². The van der Waals surface area contributed by atoms with Crippen molar-refractivity contribution in [2.24, 2.45) is 0 Å². The molecule has 0 saturated carbocycles. The Balaban J connectivity index is 2.11. The van der Waals surface area contributed by atoms with Gasteiger partial charge in [0.2, 0.25) is 0 Å². The predicted octanol–water partition coefficient (Wildman–Crippen LogP) is 0.273. The van der Waals surface area contributed by atoms with Gasteiger partial charge in [-0.25, -0.2) is 4.98 Å². The first kappa shape index (κ1) is 12.9. The zero-order valence-corrected chi connectivity index (χ0v) is 11.2. The molecule has 0 spiro atoms. The van der Waals surface area contributed by atoms with E-state index in [1.54, 1.807) is 0 Å². The maximum absolute atomic E-state index is 11.4. The van der Waals surface area contributed by atoms with Crippen molar-refractivity contribution in [1.82, 2.24) is 14.9 Å². The number of nitrogens with two attached hydrogens (primary N) is 1. The van der Waals surface area contributed by atoms with Gasteiger partial charge < -0.3 is 15.6 Å². The van der Waals surface area contributed by atoms with Crippen molar-refractivity contribution in [2.75, 3.05) is 36.8 Å². The highest BCUT2D eigenvalue weighted by atomic mass is 16.1. The third-order valence-electron chi connectivity index (χ3n) is 3.40. The molecule has 1 aliphatic heterocycles. The number of hydrogen-bond donors (Lipinski definition) is 2. The molecular formula is C12H21N5O. The Kier molecular flexibility index (Phi) is 3.30. The van der Waals surface area contributed by atoms with Crippen molar-refractivity contribution in [3.05, 3.63) is 16.7 Å². The lowest BCUT2D eigenvalue weighted by atomic mass is 10.0. The average molecular weight is 251 g/mol. The lowest BCUT2D eigenvalue weighted by Gasteiger charge is -2.42. The van der Waals surface area contributed by atoms with Crippen molar-refractivity contribution in [3.63, 3.8) is 0 Å². The van der Waals surface area contributed by atoms with Crippen LogP contribution in [0.1, 0.15) is 20.8 Å². The van der Waals surface area contributed by atoms with Crippen LogP contribution < -0.4 is 16.2 Å². The summed E-state index contributed by atoms with van der Waals surface area (Å²) in [6.45, 7) is 10.2. The Labute approximate surface area is 107 Å². The summed E-state index contributed by atoms with van der Waals surface area (Å²) in [5.41, 5.74) is 5.90. The molecule has 1 aliphatic rings. The van der Waals surface area contributed by atoms with E-state index >= 15 is 0 Å². The molecule has 0 aromatic carbocycles. The van der Waals surface area contributed by atoms with Crippen LogP contribution in [0.3, 0.4) is 0 Å². The molecule has 0 radical (unpaired) electrons. The molecule has 6 nitrogen and oxygen atoms in total. The van der Waals surface area contributed by atoms with Crippen molar-refractivity contribution in [1.29, 1.82) is 0 Å². The molecule has 18 heavy (non-hydrogen) atoms. The largest absolute Gasteiger partial charge is 0.391 e. The van der Waals surface area contributed by atoms with Gasteiger partial charge in [0, 0.05) is 31.7 Å². The molecule has 6 heteroatoms. The van der Waals surface area contributed by atoms with E-state index in [0.29, 0.717) is 5.82 Å². The second-order valence-electron chi connectivity index (χ2n) is 5.61. The lowest BCUT2D eigenvalue weighted by molar-refractivity contribution is 0.128. The van der Waals surface area contributed by atoms with Crippen LogP contribution in [0.5, 0.6) is 0 Å². The van der Waals surface area contributed by atoms with E-state index < -0.39 is 0 Å². The first-order chi connectivity index (χ1) is 8.39. The highest BCUT2D eigenvalue weighted by molar-refractivity contribution is 5.61. The van der Waals surface area contributed by atoms with Gasteiger partial charge in [-0.15, -0.1) is 0 Å². The van der Waals surface area contributed by atoms with Crippen molar-refractivity contribution in [2.45, 2.75) is 26.3 Å². The normalized spacial score (nSPS) is 18.1. The second kappa shape index (κ2) is 4.61. The van der Waals surface area contributed by atoms with Gasteiger partial charge in [0.1, 0.15) is 5.69 Å². The number of anilines is 2. The van der Waals surface area contributed by atoms with Crippen molar-refractivity contribution in [3.8, 4) is 0 Å². The van der Waals surface area contributed by atoms with Crippen LogP contribution in [-0.4, -0.2) is 46.6 Å². The van der Waals surface area contributed by atoms with E-state index in [1.807, 2.05) is 0 Å². The average Bonchev–Trinajstić information content (AvgIpc) is 2.32. The Morgan fingerprint density at radius 2 is 1.89 bits per heavy atom. The van der Waals surface area contributed by atoms with Crippen LogP contribution >= 0.6 is 0 Å². The van der Waals surface area contributed by atoms with Crippen molar-refractivity contribution >= 4 is 11.5 Å². The topological polar surface area (TPSA) is 78.2 Å². The van der Waals surface area contributed by atoms with Crippen molar-refractivity contribution < 1.29 is 0 Å². The van der Waals surface area contributed by atoms with Crippen LogP contribution in [0.15, 0.2) is 11.1 Å². The van der Waals surface area contributed by atoms with E-state index in [-0.39, 0.29) is 16.8 Å². The number of nitrogens with one attached hydrogen (secondary N) is 1. The monoisotopic (exact) mass is 251 g/mol. The standard InChI is InChI=1S/C12H21N5O/c1-12(2,3)17-6-4-16(5-7-17)10-9(13)11(18)15-8-14-10/h8H,4-7,13H2,1-3H3,(H,14,15,18). The van der Waals surface area contributed by atoms with Gasteiger partial charge in [-0.05, 0) is 20.8 Å². The third kappa shape index (κ3) is 2.48. The number of rotatable bonds is 1. The lowest BCUT2D eigenvalue weighted by Crippen LogP contribution is -2.53. The zero-order valence-electron chi connectivity index (χ0n) is 11.2. The number of H-pyrrole nitrogens is 1. The molecule has 1 aromatic rings. The molecule has 2 rings (SSSR count). The van der Waals surface area contributed by atoms with E-state index in [1.165, 1.54) is 6.33 Å². The molecule has 0 unspecified atom stereocenters.